The number of nitriles is 1. The molecule has 2 aromatic rings. The molecular formula is C80H113Cl18N11O26Si10. The lowest BCUT2D eigenvalue weighted by Gasteiger charge is -2.30. The van der Waals surface area contributed by atoms with E-state index in [4.69, 9.17) is 266 Å². The third-order valence-electron chi connectivity index (χ3n) is 21.1. The fraction of sp³-hybridized carbons (Fsp3) is 0.650. The van der Waals surface area contributed by atoms with E-state index in [9.17, 15) is 62.3 Å². The van der Waals surface area contributed by atoms with Gasteiger partial charge in [0.25, 0.3) is 34.1 Å². The van der Waals surface area contributed by atoms with Crippen LogP contribution in [0.1, 0.15) is 130 Å². The number of carbonyl (C=O) groups excluding carboxylic acids is 13. The molecule has 0 N–H and O–H groups in total. The Morgan fingerprint density at radius 2 is 0.897 bits per heavy atom. The number of isocyanates is 10. The van der Waals surface area contributed by atoms with Gasteiger partial charge in [0.1, 0.15) is 0 Å². The minimum absolute atomic E-state index is 0.0565. The number of nitrogens with zero attached hydrogens (tertiary/aromatic N) is 11. The lowest BCUT2D eigenvalue weighted by atomic mass is 9.89. The van der Waals surface area contributed by atoms with Crippen LogP contribution in [0.3, 0.4) is 0 Å². The molecule has 8 atom stereocenters. The topological polar surface area (TPSA) is 516 Å². The van der Waals surface area contributed by atoms with E-state index in [1.807, 2.05) is 63.8 Å². The van der Waals surface area contributed by atoms with E-state index in [2.05, 4.69) is 49.9 Å². The van der Waals surface area contributed by atoms with Gasteiger partial charge in [0.15, 0.2) is 0 Å². The van der Waals surface area contributed by atoms with Gasteiger partial charge in [0.2, 0.25) is 60.8 Å². The fourth-order valence-corrected chi connectivity index (χ4v) is 37.0. The molecule has 0 aromatic heterocycles. The molecule has 5 heterocycles. The van der Waals surface area contributed by atoms with Crippen molar-refractivity contribution in [1.29, 1.82) is 5.26 Å². The molecule has 65 heteroatoms. The van der Waals surface area contributed by atoms with Crippen molar-refractivity contribution >= 4 is 358 Å². The van der Waals surface area contributed by atoms with E-state index in [0.29, 0.717) is 126 Å². The molecule has 0 radical (unpaired) electrons. The van der Waals surface area contributed by atoms with Crippen LogP contribution in [0.15, 0.2) is 111 Å². The van der Waals surface area contributed by atoms with Crippen molar-refractivity contribution < 1.29 is 123 Å². The molecule has 8 unspecified atom stereocenters. The Morgan fingerprint density at radius 3 is 1.23 bits per heavy atom. The molecular weight excluding hydrogens is 2450 g/mol. The average molecular weight is 2560 g/mol. The minimum atomic E-state index is -2.79. The summed E-state index contributed by atoms with van der Waals surface area (Å²) in [5, 5.41) is 10.1. The number of rotatable bonds is 51. The predicted molar refractivity (Wildman–Crippen MR) is 583 cm³/mol. The summed E-state index contributed by atoms with van der Waals surface area (Å²) in [5.74, 6) is -0.532. The fourth-order valence-electron chi connectivity index (χ4n) is 12.8. The van der Waals surface area contributed by atoms with Gasteiger partial charge in [-0.2, -0.15) is 39.6 Å². The molecule has 2 aromatic carbocycles. The second-order valence-electron chi connectivity index (χ2n) is 32.4. The van der Waals surface area contributed by atoms with Gasteiger partial charge in [-0.25, -0.2) is 92.9 Å². The number of epoxide rings is 2. The van der Waals surface area contributed by atoms with Crippen molar-refractivity contribution in [2.75, 3.05) is 73.2 Å². The number of carbonyl (C=O) groups is 3. The van der Waals surface area contributed by atoms with Gasteiger partial charge in [-0.15, -0.1) is 199 Å². The van der Waals surface area contributed by atoms with Gasteiger partial charge in [0, 0.05) is 59.2 Å². The molecule has 1 saturated carbocycles. The molecule has 0 bridgehead atoms. The number of hydrogen-bond acceptors (Lipinski definition) is 37. The van der Waals surface area contributed by atoms with Crippen molar-refractivity contribution in [3.63, 3.8) is 0 Å². The summed E-state index contributed by atoms with van der Waals surface area (Å²) in [6, 6.07) is 5.01. The van der Waals surface area contributed by atoms with Crippen LogP contribution >= 0.6 is 199 Å². The molecule has 5 aliphatic heterocycles. The van der Waals surface area contributed by atoms with E-state index in [0.717, 1.165) is 79.3 Å². The number of allylic oxidation sites excluding steroid dienone is 1. The smallest absolute Gasteiger partial charge is 0.372 e. The van der Waals surface area contributed by atoms with E-state index in [1.165, 1.54) is 74.8 Å². The first-order chi connectivity index (χ1) is 67.8. The highest BCUT2D eigenvalue weighted by Gasteiger charge is 2.69. The Bertz CT molecular complexity index is 4810. The quantitative estimate of drug-likeness (QED) is 0.0113. The summed E-state index contributed by atoms with van der Waals surface area (Å²) >= 11 is 102. The molecule has 1 aliphatic carbocycles. The van der Waals surface area contributed by atoms with Crippen molar-refractivity contribution in [3.8, 4) is 6.07 Å². The number of aliphatic imine (C=N–C) groups is 10. The number of halogens is 18. The summed E-state index contributed by atoms with van der Waals surface area (Å²) in [6.45, 7) is 22.6. The molecule has 6 fully saturated rings. The van der Waals surface area contributed by atoms with Gasteiger partial charge in [-0.3, -0.25) is 14.4 Å². The van der Waals surface area contributed by atoms with Gasteiger partial charge >= 0.3 is 69.5 Å². The van der Waals surface area contributed by atoms with E-state index in [-0.39, 0.29) is 60.5 Å². The summed E-state index contributed by atoms with van der Waals surface area (Å²) in [7, 11) is -6.43. The standard InChI is InChI=1S/C13H15NO5Si.C11H19NO5Si.C10H17NO5Si.C10H19NO4Si.C8H12Cl3NOSi.C8H6Cl3NOSi.C7H10Cl3NO2Si.C5H5Cl3N2OSi.C4H6Cl3NOSi.C4H4Cl3NOSi/c1-10(16)17-20(3,13(2)18-19-13)12-6-4-11(5-7-12)8-14-9-15;1-4-10(14)15-18(3,8-6-7-12-9-13)11(5-2)16-17-11;1-4-17(14-9(2)13,10(3)15-16-10)7-5-6-11-8-12;1-13-16(3,14-2)7-9(5-11-8-12)4-10-6-15-10;2*9-14(10,11)8-3-1-7(2-4-8)5-12-6-13;8-14(9,10)4-6(2-11-5-12)1-7-3-13-7;6-12(7,8)3-5(1-9)2-10-4-11;2*5-10(6,7)3-1-2-8-4-9/h4-7H,8H2,1-3H3;4-8H2,1-3H3;4-7H2,1-3H3;9-10H,4-7H2,1-3H3;7-8H,1-5H2;1-4H,5H2;6-7H,1-4H2;5H,2-3H2;1-3H2;1-2H,3H2. The van der Waals surface area contributed by atoms with Gasteiger partial charge < -0.3 is 31.6 Å². The maximum Gasteiger partial charge on any atom is 0.372 e. The van der Waals surface area contributed by atoms with Gasteiger partial charge in [0.05, 0.1) is 96.3 Å². The Hall–Kier alpha value is -3.13. The third kappa shape index (κ3) is 68.7. The highest BCUT2D eigenvalue weighted by Crippen LogP contribution is 2.48. The van der Waals surface area contributed by atoms with Gasteiger partial charge in [-0.05, 0) is 172 Å². The van der Waals surface area contributed by atoms with Crippen LogP contribution in [0.4, 0.5) is 0 Å². The van der Waals surface area contributed by atoms with Crippen molar-refractivity contribution in [2.24, 2.45) is 73.6 Å². The molecule has 0 spiro atoms. The summed E-state index contributed by atoms with van der Waals surface area (Å²) in [4.78, 5) is 197. The van der Waals surface area contributed by atoms with Gasteiger partial charge in [-0.1, -0.05) is 75.4 Å². The second-order valence-corrected chi connectivity index (χ2v) is 102. The first-order valence-electron chi connectivity index (χ1n) is 43.9. The largest absolute Gasteiger partial charge is 0.513 e. The predicted octanol–water partition coefficient (Wildman–Crippen LogP) is 20.8. The lowest BCUT2D eigenvalue weighted by molar-refractivity contribution is -0.135. The zero-order valence-corrected chi connectivity index (χ0v) is 104. The third-order valence-corrected chi connectivity index (χ3v) is 53.9. The molecule has 145 heavy (non-hydrogen) atoms. The van der Waals surface area contributed by atoms with Crippen LogP contribution in [-0.4, -0.2) is 250 Å². The number of ether oxygens (including phenoxy) is 2. The zero-order chi connectivity index (χ0) is 111. The molecule has 810 valence electrons. The highest BCUT2D eigenvalue weighted by molar-refractivity contribution is 7.69. The van der Waals surface area contributed by atoms with Crippen LogP contribution in [0.2, 0.25) is 73.5 Å². The van der Waals surface area contributed by atoms with Crippen molar-refractivity contribution in [1.82, 2.24) is 0 Å². The zero-order valence-electron chi connectivity index (χ0n) is 80.9. The van der Waals surface area contributed by atoms with E-state index in [1.54, 1.807) is 71.4 Å². The molecule has 0 amide bonds. The van der Waals surface area contributed by atoms with E-state index < -0.39 is 91.7 Å². The van der Waals surface area contributed by atoms with Crippen LogP contribution in [0.5, 0.6) is 0 Å². The summed E-state index contributed by atoms with van der Waals surface area (Å²) < 4.78 is 37.8. The molecule has 37 nitrogen and oxygen atoms in total. The molecule has 5 saturated heterocycles. The Balaban J connectivity index is 0. The maximum absolute atomic E-state index is 11.5. The Morgan fingerprint density at radius 1 is 0.483 bits per heavy atom. The van der Waals surface area contributed by atoms with Crippen LogP contribution in [0.25, 0.3) is 0 Å². The minimum Gasteiger partial charge on any atom is -0.513 e. The first kappa shape index (κ1) is 144. The van der Waals surface area contributed by atoms with Crippen LogP contribution in [0, 0.1) is 35.0 Å². The Kier molecular flexibility index (Phi) is 75.1. The second kappa shape index (κ2) is 75.6. The van der Waals surface area contributed by atoms with Crippen molar-refractivity contribution in [3.05, 3.63) is 71.9 Å². The average Bonchev–Trinajstić information content (AvgIpc) is 1.65. The highest BCUT2D eigenvalue weighted by atomic mass is 35.9. The molecule has 8 rings (SSSR count). The SMILES string of the molecule is CC(=O)O[Si](C)(c1ccc(CN=C=O)cc1)C1(C)OO1.CCC(=O)O[Si](C)(CCCN=C=O)C1(CC)OO1.CC[Si](CCCN=C=O)(OC(C)=O)C1(C)OO1.CO[Si](C)(CC(CN=C=O)CC1CO1)OC.N#CC(CN=C=O)C[Si](Cl)(Cl)Cl.O=C=NC=CC[Si](Cl)(Cl)Cl.O=C=NCC(CC1CO1)C[Si](Cl)(Cl)Cl.O=C=NCC1CCC([Si](Cl)(Cl)Cl)CC1.O=C=NCCC[Si](Cl)(Cl)Cl.O=C=NCc1ccc([Si](Cl)(Cl)Cl)cc1. The monoisotopic (exact) mass is 2550 g/mol. The Labute approximate surface area is 936 Å². The maximum atomic E-state index is 11.5. The van der Waals surface area contributed by atoms with E-state index >= 15 is 0 Å². The summed E-state index contributed by atoms with van der Waals surface area (Å²) in [5.41, 5.74) is -0.286. The summed E-state index contributed by atoms with van der Waals surface area (Å²) in [6.07, 6.45) is 26.7. The lowest BCUT2D eigenvalue weighted by Crippen LogP contribution is -2.60. The van der Waals surface area contributed by atoms with Crippen molar-refractivity contribution in [2.45, 2.75) is 234 Å². The normalized spacial score (nSPS) is 18.2. The number of benzene rings is 2. The number of hydrogen-bond donors (Lipinski definition) is 0. The first-order valence-corrected chi connectivity index (χ1v) is 84.8. The van der Waals surface area contributed by atoms with Crippen LogP contribution in [-0.2, 0) is 136 Å². The molecule has 6 aliphatic rings. The van der Waals surface area contributed by atoms with Crippen LogP contribution < -0.4 is 10.4 Å².